The van der Waals surface area contributed by atoms with Gasteiger partial charge in [-0.25, -0.2) is 13.2 Å². The number of halogens is 1. The first-order valence-electron chi connectivity index (χ1n) is 6.13. The number of sulfone groups is 1. The van der Waals surface area contributed by atoms with E-state index in [1.807, 2.05) is 0 Å². The molecule has 0 heterocycles. The zero-order valence-corrected chi connectivity index (χ0v) is 12.7. The summed E-state index contributed by atoms with van der Waals surface area (Å²) in [6, 6.07) is 6.70. The summed E-state index contributed by atoms with van der Waals surface area (Å²) in [6.07, 6.45) is 1.07. The van der Waals surface area contributed by atoms with Crippen molar-refractivity contribution in [2.75, 3.05) is 12.9 Å². The van der Waals surface area contributed by atoms with Crippen molar-refractivity contribution in [2.24, 2.45) is 5.73 Å². The predicted molar refractivity (Wildman–Crippen MR) is 76.4 cm³/mol. The molecule has 3 unspecified atom stereocenters. The molecule has 1 aliphatic rings. The third-order valence-electron chi connectivity index (χ3n) is 3.48. The molecule has 1 aromatic carbocycles. The SMILES string of the molecule is CCOC(=O)C1(N)C(c2cccc(Cl)c2)C1S(C)(=O)=O. The van der Waals surface area contributed by atoms with Gasteiger partial charge in [-0.05, 0) is 24.6 Å². The molecular weight excluding hydrogens is 302 g/mol. The van der Waals surface area contributed by atoms with Crippen LogP contribution in [-0.2, 0) is 19.4 Å². The molecule has 1 saturated carbocycles. The highest BCUT2D eigenvalue weighted by Gasteiger charge is 2.73. The van der Waals surface area contributed by atoms with Gasteiger partial charge >= 0.3 is 5.97 Å². The fraction of sp³-hybridized carbons (Fsp3) is 0.462. The van der Waals surface area contributed by atoms with Crippen LogP contribution in [0.5, 0.6) is 0 Å². The summed E-state index contributed by atoms with van der Waals surface area (Å²) in [5.74, 6) is -1.32. The summed E-state index contributed by atoms with van der Waals surface area (Å²) in [5.41, 5.74) is 5.13. The molecule has 3 atom stereocenters. The van der Waals surface area contributed by atoms with Gasteiger partial charge in [-0.3, -0.25) is 0 Å². The van der Waals surface area contributed by atoms with Crippen LogP contribution < -0.4 is 5.73 Å². The highest BCUT2D eigenvalue weighted by molar-refractivity contribution is 7.91. The monoisotopic (exact) mass is 317 g/mol. The van der Waals surface area contributed by atoms with Crippen LogP contribution in [0.4, 0.5) is 0 Å². The van der Waals surface area contributed by atoms with Gasteiger partial charge in [-0.1, -0.05) is 23.7 Å². The van der Waals surface area contributed by atoms with Crippen molar-refractivity contribution < 1.29 is 17.9 Å². The minimum absolute atomic E-state index is 0.149. The molecule has 0 aromatic heterocycles. The standard InChI is InChI=1S/C13H16ClNO4S/c1-3-19-12(16)13(15)10(11(13)20(2,17)18)8-5-4-6-9(14)7-8/h4-7,10-11H,3,15H2,1-2H3. The van der Waals surface area contributed by atoms with E-state index in [-0.39, 0.29) is 6.61 Å². The Morgan fingerprint density at radius 1 is 1.50 bits per heavy atom. The van der Waals surface area contributed by atoms with Crippen LogP contribution in [0.1, 0.15) is 18.4 Å². The maximum Gasteiger partial charge on any atom is 0.328 e. The van der Waals surface area contributed by atoms with Crippen molar-refractivity contribution in [1.82, 2.24) is 0 Å². The van der Waals surface area contributed by atoms with E-state index < -0.39 is 32.5 Å². The van der Waals surface area contributed by atoms with Crippen LogP contribution in [0, 0.1) is 0 Å². The fourth-order valence-corrected chi connectivity index (χ4v) is 4.57. The molecule has 0 aliphatic heterocycles. The van der Waals surface area contributed by atoms with E-state index >= 15 is 0 Å². The zero-order valence-electron chi connectivity index (χ0n) is 11.2. The van der Waals surface area contributed by atoms with Gasteiger partial charge in [0.15, 0.2) is 9.84 Å². The van der Waals surface area contributed by atoms with E-state index in [1.165, 1.54) is 0 Å². The number of carbonyl (C=O) groups is 1. The van der Waals surface area contributed by atoms with E-state index in [2.05, 4.69) is 0 Å². The fourth-order valence-electron chi connectivity index (χ4n) is 2.63. The lowest BCUT2D eigenvalue weighted by Gasteiger charge is -2.10. The number of esters is 1. The Kier molecular flexibility index (Phi) is 3.83. The van der Waals surface area contributed by atoms with E-state index in [1.54, 1.807) is 31.2 Å². The Bertz CT molecular complexity index is 646. The lowest BCUT2D eigenvalue weighted by atomic mass is 10.1. The smallest absolute Gasteiger partial charge is 0.328 e. The maximum atomic E-state index is 12.0. The molecule has 0 spiro atoms. The number of benzene rings is 1. The van der Waals surface area contributed by atoms with Crippen molar-refractivity contribution in [3.63, 3.8) is 0 Å². The van der Waals surface area contributed by atoms with Crippen LogP contribution in [0.15, 0.2) is 24.3 Å². The molecule has 7 heteroatoms. The summed E-state index contributed by atoms with van der Waals surface area (Å²) in [6.45, 7) is 1.80. The van der Waals surface area contributed by atoms with Gasteiger partial charge in [-0.2, -0.15) is 0 Å². The molecule has 0 radical (unpaired) electrons. The molecular formula is C13H16ClNO4S. The summed E-state index contributed by atoms with van der Waals surface area (Å²) in [7, 11) is -3.48. The van der Waals surface area contributed by atoms with Crippen molar-refractivity contribution in [3.8, 4) is 0 Å². The molecule has 1 aliphatic carbocycles. The topological polar surface area (TPSA) is 86.5 Å². The highest BCUT2D eigenvalue weighted by Crippen LogP contribution is 2.54. The van der Waals surface area contributed by atoms with Crippen molar-refractivity contribution in [1.29, 1.82) is 0 Å². The average molecular weight is 318 g/mol. The quantitative estimate of drug-likeness (QED) is 0.841. The van der Waals surface area contributed by atoms with E-state index in [0.717, 1.165) is 6.26 Å². The Labute approximate surface area is 123 Å². The molecule has 2 rings (SSSR count). The Morgan fingerprint density at radius 2 is 2.15 bits per heavy atom. The molecule has 110 valence electrons. The third-order valence-corrected chi connectivity index (χ3v) is 5.30. The van der Waals surface area contributed by atoms with Gasteiger partial charge in [-0.15, -0.1) is 0 Å². The van der Waals surface area contributed by atoms with E-state index in [9.17, 15) is 13.2 Å². The minimum atomic E-state index is -3.48. The van der Waals surface area contributed by atoms with Gasteiger partial charge in [0.1, 0.15) is 5.54 Å². The maximum absolute atomic E-state index is 12.0. The van der Waals surface area contributed by atoms with Crippen LogP contribution in [0.2, 0.25) is 5.02 Å². The van der Waals surface area contributed by atoms with Gasteiger partial charge in [0, 0.05) is 17.2 Å². The van der Waals surface area contributed by atoms with Gasteiger partial charge < -0.3 is 10.5 Å². The highest BCUT2D eigenvalue weighted by atomic mass is 35.5. The summed E-state index contributed by atoms with van der Waals surface area (Å²) in [4.78, 5) is 12.0. The van der Waals surface area contributed by atoms with Gasteiger partial charge in [0.25, 0.3) is 0 Å². The second-order valence-electron chi connectivity index (χ2n) is 4.94. The third kappa shape index (κ3) is 2.43. The molecule has 0 bridgehead atoms. The molecule has 0 saturated heterocycles. The van der Waals surface area contributed by atoms with Gasteiger partial charge in [0.05, 0.1) is 11.9 Å². The molecule has 1 aromatic rings. The number of hydrogen-bond acceptors (Lipinski definition) is 5. The first-order valence-corrected chi connectivity index (χ1v) is 8.46. The summed E-state index contributed by atoms with van der Waals surface area (Å²) in [5, 5.41) is -0.514. The van der Waals surface area contributed by atoms with Crippen molar-refractivity contribution >= 4 is 27.4 Å². The van der Waals surface area contributed by atoms with Crippen LogP contribution in [0.3, 0.4) is 0 Å². The summed E-state index contributed by atoms with van der Waals surface area (Å²) < 4.78 is 28.6. The first kappa shape index (κ1) is 15.3. The lowest BCUT2D eigenvalue weighted by Crippen LogP contribution is -2.41. The Morgan fingerprint density at radius 3 is 2.65 bits per heavy atom. The predicted octanol–water partition coefficient (Wildman–Crippen LogP) is 1.11. The first-order chi connectivity index (χ1) is 9.22. The number of ether oxygens (including phenoxy) is 1. The Hall–Kier alpha value is -1.11. The summed E-state index contributed by atoms with van der Waals surface area (Å²) >= 11 is 5.91. The minimum Gasteiger partial charge on any atom is -0.465 e. The zero-order chi connectivity index (χ0) is 15.1. The van der Waals surface area contributed by atoms with E-state index in [0.29, 0.717) is 10.6 Å². The molecule has 1 fully saturated rings. The largest absolute Gasteiger partial charge is 0.465 e. The normalized spacial score (nSPS) is 29.0. The average Bonchev–Trinajstić information content (AvgIpc) is 2.98. The second-order valence-corrected chi connectivity index (χ2v) is 7.54. The van der Waals surface area contributed by atoms with Crippen LogP contribution >= 0.6 is 11.6 Å². The van der Waals surface area contributed by atoms with Crippen LogP contribution in [-0.4, -0.2) is 38.0 Å². The molecule has 5 nitrogen and oxygen atoms in total. The van der Waals surface area contributed by atoms with E-state index in [4.69, 9.17) is 22.1 Å². The molecule has 20 heavy (non-hydrogen) atoms. The number of hydrogen-bond donors (Lipinski definition) is 1. The van der Waals surface area contributed by atoms with Crippen molar-refractivity contribution in [2.45, 2.75) is 23.6 Å². The van der Waals surface area contributed by atoms with Crippen molar-refractivity contribution in [3.05, 3.63) is 34.9 Å². The number of carbonyl (C=O) groups excluding carboxylic acids is 1. The Balaban J connectivity index is 2.44. The van der Waals surface area contributed by atoms with Gasteiger partial charge in [0.2, 0.25) is 0 Å². The lowest BCUT2D eigenvalue weighted by molar-refractivity contribution is -0.145. The number of rotatable bonds is 4. The second kappa shape index (κ2) is 5.02. The number of nitrogens with two attached hydrogens (primary N) is 1. The van der Waals surface area contributed by atoms with Crippen LogP contribution in [0.25, 0.3) is 0 Å². The molecule has 2 N–H and O–H groups in total. The molecule has 0 amide bonds.